The first-order valence-electron chi connectivity index (χ1n) is 36.3. The number of rotatable bonds is 67. The molecule has 13 N–H and O–H groups in total. The number of aliphatic hydroxyl groups excluding tert-OH is 9. The number of ether oxygens (including phenoxy) is 17. The number of hydrogen-bond acceptors (Lipinski definition) is 40. The van der Waals surface area contributed by atoms with Gasteiger partial charge in [-0.3, -0.25) is 4.52 Å². The van der Waals surface area contributed by atoms with Crippen LogP contribution in [-0.2, 0) is 159 Å². The lowest BCUT2D eigenvalue weighted by atomic mass is 9.92. The van der Waals surface area contributed by atoms with Crippen molar-refractivity contribution < 1.29 is 187 Å². The molecule has 0 aliphatic carbocycles. The third-order valence-corrected chi connectivity index (χ3v) is 22.9. The molecule has 0 spiro atoms. The molecule has 3 fully saturated rings. The molecule has 3 heterocycles. The number of carbonyl (C=O) groups excluding carboxylic acids is 1. The molecule has 0 amide bonds. The third kappa shape index (κ3) is 44.2. The topological polar surface area (TPSA) is 511 Å². The summed E-state index contributed by atoms with van der Waals surface area (Å²) in [5, 5.41) is 89.3. The van der Waals surface area contributed by atoms with Gasteiger partial charge in [0.2, 0.25) is 0 Å². The summed E-state index contributed by atoms with van der Waals surface area (Å²) in [6.45, 7) is -6.70. The standard InChI is InChI=1S/C64H118O39P4S4/c1-47-54(68)57(71)51(39-65)100-60(47)89-33-27-79-21-24-82-30-36-97-104(75,108)93-17-7-13-85-43-64(46-88-16-10-20-96-107(78,111)103-63(74)92-42-50-11-5-4-6-12-50,44-86-14-8-18-94-105(76,109)98-37-31-83-25-22-80-28-34-90-61-48(2)55(69)58(72)52(40-66)101-61)45-87-15-9-19-95-106(77,110)99-38-32-84-26-23-81-29-35-91-62-49(3)56(70)59(73)53(41-67)102-62/h4-6,11-12,47-49,51-62,65-73,75,108H,7-10,13-46H2,1-3H3,(H2-,76,77,78,109,110,111)/p+1/t47?,48?,49?,51?,52?,53?,54-,55-,56-,57-,58-,59-,60-,61-,62-,64?,104?,105?,106?,107?/m1/s1. The van der Waals surface area contributed by atoms with E-state index in [1.165, 1.54) is 0 Å². The Hall–Kier alpha value is -0.220. The number of aliphatic hydroxyl groups is 9. The molecule has 47 heteroatoms. The first-order valence-corrected chi connectivity index (χ1v) is 46.8. The van der Waals surface area contributed by atoms with Crippen LogP contribution in [0, 0.1) is 23.2 Å². The zero-order chi connectivity index (χ0) is 81.4. The summed E-state index contributed by atoms with van der Waals surface area (Å²) in [5.41, 5.74) is -0.396. The Bertz CT molecular complexity index is 2600. The maximum absolute atomic E-state index is 12.4. The van der Waals surface area contributed by atoms with E-state index in [0.29, 0.717) is 5.56 Å². The lowest BCUT2D eigenvalue weighted by Gasteiger charge is -2.40. The second kappa shape index (κ2) is 58.7. The minimum Gasteiger partial charge on any atom is -0.429 e. The van der Waals surface area contributed by atoms with Gasteiger partial charge in [-0.2, -0.15) is 13.9 Å². The highest BCUT2D eigenvalue weighted by molar-refractivity contribution is 8.47. The molecule has 39 nitrogen and oxygen atoms in total. The average molecular weight is 1760 g/mol. The van der Waals surface area contributed by atoms with E-state index >= 15 is 0 Å². The van der Waals surface area contributed by atoms with E-state index in [2.05, 4.69) is 12.2 Å². The summed E-state index contributed by atoms with van der Waals surface area (Å²) in [6, 6.07) is 8.78. The fourth-order valence-corrected chi connectivity index (χ4v) is 14.9. The van der Waals surface area contributed by atoms with E-state index in [0.717, 1.165) is 0 Å². The van der Waals surface area contributed by atoms with Crippen LogP contribution in [-0.4, -0.2) is 364 Å². The van der Waals surface area contributed by atoms with Gasteiger partial charge in [0.15, 0.2) is 18.9 Å². The highest BCUT2D eigenvalue weighted by atomic mass is 32.7. The second-order valence-corrected chi connectivity index (χ2v) is 36.9. The number of carbonyl (C=O) groups is 1. The molecule has 1 aromatic carbocycles. The van der Waals surface area contributed by atoms with Crippen LogP contribution in [0.1, 0.15) is 52.0 Å². The summed E-state index contributed by atoms with van der Waals surface area (Å²) in [6.07, 6.45) is -13.0. The first-order chi connectivity index (χ1) is 53.1. The molecule has 0 bridgehead atoms. The van der Waals surface area contributed by atoms with E-state index in [1.807, 2.05) is 0 Å². The molecule has 0 radical (unpaired) electrons. The van der Waals surface area contributed by atoms with Gasteiger partial charge in [0.05, 0.1) is 214 Å². The molecule has 10 unspecified atom stereocenters. The molecular weight excluding hydrogens is 1640 g/mol. The van der Waals surface area contributed by atoms with E-state index < -0.39 is 150 Å². The van der Waals surface area contributed by atoms with Crippen molar-refractivity contribution in [2.75, 3.05) is 218 Å². The highest BCUT2D eigenvalue weighted by Gasteiger charge is 2.45. The van der Waals surface area contributed by atoms with Gasteiger partial charge in [-0.25, -0.2) is 4.79 Å². The fourth-order valence-electron chi connectivity index (χ4n) is 10.3. The van der Waals surface area contributed by atoms with Crippen molar-refractivity contribution in [1.29, 1.82) is 0 Å². The van der Waals surface area contributed by atoms with Crippen LogP contribution in [0.5, 0.6) is 0 Å². The van der Waals surface area contributed by atoms with Crippen LogP contribution >= 0.6 is 39.5 Å². The van der Waals surface area contributed by atoms with Crippen LogP contribution in [0.2, 0.25) is 0 Å². The van der Waals surface area contributed by atoms with Gasteiger partial charge in [-0.15, -0.1) is 0 Å². The Morgan fingerprint density at radius 3 is 1.06 bits per heavy atom. The number of benzene rings is 1. The van der Waals surface area contributed by atoms with E-state index in [-0.39, 0.29) is 230 Å². The molecular formula is C64H119O39P4S4+. The van der Waals surface area contributed by atoms with Crippen LogP contribution in [0.4, 0.5) is 4.79 Å². The van der Waals surface area contributed by atoms with E-state index in [4.69, 9.17) is 152 Å². The van der Waals surface area contributed by atoms with Crippen molar-refractivity contribution in [2.45, 2.75) is 127 Å². The van der Waals surface area contributed by atoms with Crippen molar-refractivity contribution in [1.82, 2.24) is 0 Å². The predicted molar refractivity (Wildman–Crippen MR) is 405 cm³/mol. The average Bonchev–Trinajstić information content (AvgIpc) is 0.837. The molecule has 3 aliphatic heterocycles. The Morgan fingerprint density at radius 1 is 0.414 bits per heavy atom. The van der Waals surface area contributed by atoms with Crippen LogP contribution in [0.25, 0.3) is 0 Å². The fraction of sp³-hybridized carbons (Fsp3) is 0.891. The SMILES string of the molecule is CC1[C@H](OCCOCCOCCOP(O)(=S)OCCCOCC(COCCCOP(O)(=S)OCCOCCOCCO[C@@H]2OC(CO)[C@@H](O)[C@H](O)C2C)(COCCCOP(O)(=S)OC(=O)OCc2ccccc2)COCCCO[P+](O)(S)OCCOCCOCCO[C@@H]2OC(CO)[C@@H](O)[C@H](O)C2C)OC(CO)[C@@H](O)[C@@H]1O. The van der Waals surface area contributed by atoms with Gasteiger partial charge in [-0.1, -0.05) is 51.1 Å². The number of hydrogen-bond donors (Lipinski definition) is 14. The van der Waals surface area contributed by atoms with Crippen molar-refractivity contribution >= 4 is 81.1 Å². The van der Waals surface area contributed by atoms with Crippen LogP contribution in [0.15, 0.2) is 30.3 Å². The minimum atomic E-state index is -4.08. The Kier molecular flexibility index (Phi) is 54.5. The minimum absolute atomic E-state index is 0.0206. The van der Waals surface area contributed by atoms with Crippen molar-refractivity contribution in [2.24, 2.45) is 23.2 Å². The monoisotopic (exact) mass is 1760 g/mol. The van der Waals surface area contributed by atoms with Crippen molar-refractivity contribution in [3.8, 4) is 0 Å². The third-order valence-electron chi connectivity index (χ3n) is 16.4. The lowest BCUT2D eigenvalue weighted by Crippen LogP contribution is -2.55. The van der Waals surface area contributed by atoms with Crippen molar-refractivity contribution in [3.05, 3.63) is 35.9 Å². The zero-order valence-corrected chi connectivity index (χ0v) is 69.7. The van der Waals surface area contributed by atoms with Gasteiger partial charge in [0, 0.05) is 56.0 Å². The summed E-state index contributed by atoms with van der Waals surface area (Å²) in [4.78, 5) is 55.3. The summed E-state index contributed by atoms with van der Waals surface area (Å²) < 4.78 is 140. The highest BCUT2D eigenvalue weighted by Crippen LogP contribution is 2.61. The molecule has 652 valence electrons. The summed E-state index contributed by atoms with van der Waals surface area (Å²) in [5.74, 6) is -1.64. The van der Waals surface area contributed by atoms with Gasteiger partial charge in [-0.05, 0) is 54.9 Å². The largest absolute Gasteiger partial charge is 0.515 e. The van der Waals surface area contributed by atoms with Gasteiger partial charge in [0.25, 0.3) is 0 Å². The normalized spacial score (nSPS) is 27.2. The molecule has 3 aliphatic rings. The molecule has 3 saturated heterocycles. The molecule has 1 aromatic rings. The van der Waals surface area contributed by atoms with Crippen LogP contribution in [0.3, 0.4) is 0 Å². The van der Waals surface area contributed by atoms with E-state index in [9.17, 15) is 70.3 Å². The molecule has 0 saturated carbocycles. The summed E-state index contributed by atoms with van der Waals surface area (Å²) in [7, 11) is -3.61. The number of thiol groups is 1. The molecule has 0 aromatic heterocycles. The summed E-state index contributed by atoms with van der Waals surface area (Å²) >= 11 is 19.7. The lowest BCUT2D eigenvalue weighted by molar-refractivity contribution is -0.284. The quantitative estimate of drug-likeness (QED) is 0.0185. The Morgan fingerprint density at radius 2 is 0.712 bits per heavy atom. The second-order valence-electron chi connectivity index (χ2n) is 25.5. The van der Waals surface area contributed by atoms with Gasteiger partial charge >= 0.3 is 33.5 Å². The predicted octanol–water partition coefficient (Wildman–Crippen LogP) is 0.694. The first kappa shape index (κ1) is 103. The van der Waals surface area contributed by atoms with Crippen LogP contribution < -0.4 is 0 Å². The Labute approximate surface area is 668 Å². The molecule has 4 rings (SSSR count). The molecule has 111 heavy (non-hydrogen) atoms. The van der Waals surface area contributed by atoms with Gasteiger partial charge < -0.3 is 164 Å². The van der Waals surface area contributed by atoms with E-state index in [1.54, 1.807) is 51.1 Å². The van der Waals surface area contributed by atoms with Crippen molar-refractivity contribution in [3.63, 3.8) is 0 Å². The zero-order valence-electron chi connectivity index (χ0n) is 62.8. The maximum atomic E-state index is 12.4. The smallest absolute Gasteiger partial charge is 0.429 e. The Balaban J connectivity index is 1.26. The molecule has 19 atom stereocenters. The maximum Gasteiger partial charge on any atom is 0.515 e. The van der Waals surface area contributed by atoms with Gasteiger partial charge in [0.1, 0.15) is 56.4 Å².